The monoisotopic (exact) mass is 756 g/mol. The van der Waals surface area contributed by atoms with Crippen molar-refractivity contribution in [2.24, 2.45) is 63.1 Å². The number of amides is 2. The van der Waals surface area contributed by atoms with Gasteiger partial charge in [-0.25, -0.2) is 9.18 Å². The van der Waals surface area contributed by atoms with E-state index in [9.17, 15) is 23.9 Å². The quantitative estimate of drug-likeness (QED) is 0.222. The van der Waals surface area contributed by atoms with Crippen LogP contribution in [0.5, 0.6) is 0 Å². The molecule has 5 saturated carbocycles. The van der Waals surface area contributed by atoms with Crippen LogP contribution >= 0.6 is 0 Å². The van der Waals surface area contributed by atoms with E-state index in [1.165, 1.54) is 44.9 Å². The lowest BCUT2D eigenvalue weighted by Crippen LogP contribution is -2.64. The van der Waals surface area contributed by atoms with Crippen LogP contribution in [0, 0.1) is 68.9 Å². The standard InChI is InChI=1S/C47H65FN2O5/c1-8-28(2)32-17-23-47(24-18-35-33(39(32)47)15-16-37-45(35,5)21-19-36-44(3,4)38(51)20-22-46(36,37)6)43(54)50-26-29-11-9-12-30(25-29)41(52)49-27-31-13-10-14-34(40(31)48)42(53)55-7/h9-14,25,28,32-33,35-39,51H,8,15-24,26-27H2,1-7H3,(H,49,52)(H,50,54). The third kappa shape index (κ3) is 6.54. The maximum Gasteiger partial charge on any atom is 0.340 e. The lowest BCUT2D eigenvalue weighted by Gasteiger charge is -2.69. The first-order valence-electron chi connectivity index (χ1n) is 21.3. The lowest BCUT2D eigenvalue weighted by atomic mass is 9.36. The molecule has 2 aromatic carbocycles. The summed E-state index contributed by atoms with van der Waals surface area (Å²) < 4.78 is 19.6. The second-order valence-electron chi connectivity index (χ2n) is 19.5. The molecule has 3 N–H and O–H groups in total. The molecule has 7 nitrogen and oxygen atoms in total. The van der Waals surface area contributed by atoms with E-state index in [4.69, 9.17) is 0 Å². The van der Waals surface area contributed by atoms with Crippen LogP contribution in [0.15, 0.2) is 42.5 Å². The van der Waals surface area contributed by atoms with Crippen LogP contribution in [-0.2, 0) is 22.6 Å². The summed E-state index contributed by atoms with van der Waals surface area (Å²) in [6.45, 7) is 14.8. The van der Waals surface area contributed by atoms with E-state index < -0.39 is 11.8 Å². The van der Waals surface area contributed by atoms with Crippen molar-refractivity contribution >= 4 is 17.8 Å². The number of esters is 1. The normalized spacial score (nSPS) is 36.6. The van der Waals surface area contributed by atoms with Crippen molar-refractivity contribution in [1.82, 2.24) is 10.6 Å². The van der Waals surface area contributed by atoms with Gasteiger partial charge in [0.1, 0.15) is 5.82 Å². The predicted octanol–water partition coefficient (Wildman–Crippen LogP) is 9.26. The number of methoxy groups -OCH3 is 1. The molecule has 0 saturated heterocycles. The second kappa shape index (κ2) is 14.9. The minimum Gasteiger partial charge on any atom is -0.465 e. The Morgan fingerprint density at radius 1 is 0.873 bits per heavy atom. The van der Waals surface area contributed by atoms with Crippen molar-refractivity contribution in [3.63, 3.8) is 0 Å². The highest BCUT2D eigenvalue weighted by molar-refractivity contribution is 5.94. The van der Waals surface area contributed by atoms with Gasteiger partial charge in [0.15, 0.2) is 0 Å². The van der Waals surface area contributed by atoms with Gasteiger partial charge < -0.3 is 20.5 Å². The van der Waals surface area contributed by atoms with E-state index in [1.54, 1.807) is 18.2 Å². The second-order valence-corrected chi connectivity index (χ2v) is 19.5. The van der Waals surface area contributed by atoms with Crippen molar-refractivity contribution in [2.75, 3.05) is 7.11 Å². The van der Waals surface area contributed by atoms with Crippen LogP contribution in [0.4, 0.5) is 4.39 Å². The number of benzene rings is 2. The van der Waals surface area contributed by atoms with E-state index in [2.05, 4.69) is 56.9 Å². The van der Waals surface area contributed by atoms with Crippen LogP contribution in [0.2, 0.25) is 0 Å². The molecule has 0 bridgehead atoms. The highest BCUT2D eigenvalue weighted by atomic mass is 19.1. The van der Waals surface area contributed by atoms with Gasteiger partial charge in [-0.05, 0) is 146 Å². The van der Waals surface area contributed by atoms with Gasteiger partial charge in [-0.1, -0.05) is 72.2 Å². The fourth-order valence-corrected chi connectivity index (χ4v) is 14.1. The first-order valence-corrected chi connectivity index (χ1v) is 21.3. The summed E-state index contributed by atoms with van der Waals surface area (Å²) in [6, 6.07) is 11.7. The molecule has 300 valence electrons. The molecule has 0 aliphatic heterocycles. The van der Waals surface area contributed by atoms with Crippen LogP contribution in [0.3, 0.4) is 0 Å². The van der Waals surface area contributed by atoms with Crippen molar-refractivity contribution in [3.05, 3.63) is 70.5 Å². The van der Waals surface area contributed by atoms with Crippen LogP contribution in [-0.4, -0.2) is 36.1 Å². The smallest absolute Gasteiger partial charge is 0.340 e. The van der Waals surface area contributed by atoms with Gasteiger partial charge in [-0.15, -0.1) is 0 Å². The van der Waals surface area contributed by atoms with Crippen molar-refractivity contribution in [3.8, 4) is 0 Å². The zero-order valence-electron chi connectivity index (χ0n) is 34.3. The number of aliphatic hydroxyl groups is 1. The molecule has 5 aliphatic rings. The summed E-state index contributed by atoms with van der Waals surface area (Å²) in [5.74, 6) is 2.22. The zero-order valence-corrected chi connectivity index (χ0v) is 34.3. The number of fused-ring (bicyclic) bond motifs is 7. The summed E-state index contributed by atoms with van der Waals surface area (Å²) >= 11 is 0. The topological polar surface area (TPSA) is 105 Å². The Labute approximate surface area is 328 Å². The Morgan fingerprint density at radius 2 is 1.60 bits per heavy atom. The van der Waals surface area contributed by atoms with Gasteiger partial charge in [-0.3, -0.25) is 9.59 Å². The first kappa shape index (κ1) is 40.0. The highest BCUT2D eigenvalue weighted by Crippen LogP contribution is 2.73. The molecule has 7 rings (SSSR count). The van der Waals surface area contributed by atoms with E-state index in [-0.39, 0.29) is 57.2 Å². The Morgan fingerprint density at radius 3 is 2.35 bits per heavy atom. The van der Waals surface area contributed by atoms with Crippen molar-refractivity contribution < 1.29 is 28.6 Å². The average molecular weight is 757 g/mol. The maximum atomic E-state index is 14.9. The molecule has 2 amide bonds. The van der Waals surface area contributed by atoms with Gasteiger partial charge in [0.2, 0.25) is 5.91 Å². The summed E-state index contributed by atoms with van der Waals surface area (Å²) in [7, 11) is 1.20. The number of carbonyl (C=O) groups is 3. The molecular formula is C47H65FN2O5. The number of ether oxygens (including phenoxy) is 1. The van der Waals surface area contributed by atoms with Gasteiger partial charge in [0, 0.05) is 24.2 Å². The molecule has 0 heterocycles. The Hall–Kier alpha value is -3.26. The summed E-state index contributed by atoms with van der Waals surface area (Å²) in [4.78, 5) is 39.9. The average Bonchev–Trinajstić information content (AvgIpc) is 3.59. The Bertz CT molecular complexity index is 1790. The van der Waals surface area contributed by atoms with E-state index in [1.807, 2.05) is 12.1 Å². The number of hydrogen-bond acceptors (Lipinski definition) is 5. The van der Waals surface area contributed by atoms with Crippen LogP contribution in [0.25, 0.3) is 0 Å². The highest BCUT2D eigenvalue weighted by Gasteiger charge is 2.68. The fraction of sp³-hybridized carbons (Fsp3) is 0.681. The minimum absolute atomic E-state index is 0.0552. The van der Waals surface area contributed by atoms with Gasteiger partial charge in [0.25, 0.3) is 5.91 Å². The summed E-state index contributed by atoms with van der Waals surface area (Å²) in [5.41, 5.74) is 1.37. The first-order chi connectivity index (χ1) is 26.1. The number of rotatable bonds is 9. The number of halogens is 1. The predicted molar refractivity (Wildman–Crippen MR) is 212 cm³/mol. The Balaban J connectivity index is 1.06. The van der Waals surface area contributed by atoms with Gasteiger partial charge in [0.05, 0.1) is 24.2 Å². The van der Waals surface area contributed by atoms with Gasteiger partial charge >= 0.3 is 5.97 Å². The molecular weight excluding hydrogens is 692 g/mol. The number of hydrogen-bond donors (Lipinski definition) is 3. The van der Waals surface area contributed by atoms with Crippen LogP contribution in [0.1, 0.15) is 144 Å². The molecule has 0 radical (unpaired) electrons. The fourth-order valence-electron chi connectivity index (χ4n) is 14.1. The summed E-state index contributed by atoms with van der Waals surface area (Å²) in [5, 5.41) is 17.3. The third-order valence-electron chi connectivity index (χ3n) is 17.0. The molecule has 11 atom stereocenters. The zero-order chi connectivity index (χ0) is 39.5. The molecule has 5 aliphatic carbocycles. The maximum absolute atomic E-state index is 14.9. The van der Waals surface area contributed by atoms with E-state index >= 15 is 0 Å². The number of carbonyl (C=O) groups excluding carboxylic acids is 3. The molecule has 2 aromatic rings. The lowest BCUT2D eigenvalue weighted by molar-refractivity contribution is -0.217. The molecule has 5 fully saturated rings. The van der Waals surface area contributed by atoms with Crippen molar-refractivity contribution in [1.29, 1.82) is 0 Å². The van der Waals surface area contributed by atoms with Gasteiger partial charge in [-0.2, -0.15) is 0 Å². The number of nitrogens with one attached hydrogen (secondary N) is 2. The molecule has 55 heavy (non-hydrogen) atoms. The number of aliphatic hydroxyl groups excluding tert-OH is 1. The molecule has 11 unspecified atom stereocenters. The molecule has 0 aromatic heterocycles. The third-order valence-corrected chi connectivity index (χ3v) is 17.0. The van der Waals surface area contributed by atoms with Crippen molar-refractivity contribution in [2.45, 2.75) is 131 Å². The van der Waals surface area contributed by atoms with Crippen LogP contribution < -0.4 is 10.6 Å². The minimum atomic E-state index is -0.767. The summed E-state index contributed by atoms with van der Waals surface area (Å²) in [6.07, 6.45) is 11.9. The largest absolute Gasteiger partial charge is 0.465 e. The SMILES string of the molecule is CCC(C)C1CCC2(C(=O)NCc3cccc(C(=O)NCc4cccc(C(=O)OC)c4F)c3)CCC3C(CCC4C3(C)CCC3C(C)(C)C(O)CCC34C)C12. The molecule has 8 heteroatoms. The Kier molecular flexibility index (Phi) is 10.8. The van der Waals surface area contributed by atoms with E-state index in [0.29, 0.717) is 53.5 Å². The van der Waals surface area contributed by atoms with E-state index in [0.717, 1.165) is 50.5 Å². The molecule has 0 spiro atoms.